The van der Waals surface area contributed by atoms with Crippen LogP contribution in [0.2, 0.25) is 0 Å². The summed E-state index contributed by atoms with van der Waals surface area (Å²) in [6.07, 6.45) is 0. The molecule has 0 amide bonds. The van der Waals surface area contributed by atoms with Crippen LogP contribution in [0.5, 0.6) is 0 Å². The highest BCUT2D eigenvalue weighted by molar-refractivity contribution is 9.11. The monoisotopic (exact) mass is 384 g/mol. The fourth-order valence-corrected chi connectivity index (χ4v) is 4.14. The zero-order valence-corrected chi connectivity index (χ0v) is 14.6. The van der Waals surface area contributed by atoms with E-state index in [1.165, 1.54) is 11.3 Å². The van der Waals surface area contributed by atoms with Gasteiger partial charge in [-0.15, -0.1) is 16.4 Å². The molecule has 0 bridgehead atoms. The van der Waals surface area contributed by atoms with Gasteiger partial charge in [0.05, 0.1) is 5.39 Å². The maximum absolute atomic E-state index is 14.3. The number of fused-ring (bicyclic) bond motifs is 3. The fraction of sp³-hybridized carbons (Fsp3) is 0.462. The van der Waals surface area contributed by atoms with E-state index in [0.29, 0.717) is 25.5 Å². The predicted molar refractivity (Wildman–Crippen MR) is 88.3 cm³/mol. The van der Waals surface area contributed by atoms with Crippen molar-refractivity contribution in [1.82, 2.24) is 24.5 Å². The van der Waals surface area contributed by atoms with E-state index in [4.69, 9.17) is 0 Å². The molecule has 0 N–H and O–H groups in total. The summed E-state index contributed by atoms with van der Waals surface area (Å²) in [6, 6.07) is 0. The van der Waals surface area contributed by atoms with Crippen LogP contribution in [0.25, 0.3) is 15.9 Å². The Morgan fingerprint density at radius 3 is 2.64 bits per heavy atom. The van der Waals surface area contributed by atoms with Crippen molar-refractivity contribution < 1.29 is 4.39 Å². The van der Waals surface area contributed by atoms with Crippen molar-refractivity contribution in [1.29, 1.82) is 0 Å². The zero-order valence-electron chi connectivity index (χ0n) is 12.2. The Hall–Kier alpha value is -1.32. The fourth-order valence-electron chi connectivity index (χ4n) is 2.71. The Labute approximate surface area is 138 Å². The number of rotatable bonds is 1. The Kier molecular flexibility index (Phi) is 3.31. The van der Waals surface area contributed by atoms with Gasteiger partial charge in [0.15, 0.2) is 11.5 Å². The highest BCUT2D eigenvalue weighted by Crippen LogP contribution is 2.36. The number of likely N-dealkylation sites (N-methyl/N-ethyl adjacent to an activating group) is 1. The van der Waals surface area contributed by atoms with Gasteiger partial charge in [-0.25, -0.2) is 14.4 Å². The smallest absolute Gasteiger partial charge is 0.230 e. The van der Waals surface area contributed by atoms with Crippen LogP contribution in [0.4, 0.5) is 10.3 Å². The maximum Gasteiger partial charge on any atom is 0.230 e. The maximum atomic E-state index is 14.3. The molecule has 1 aliphatic heterocycles. The molecule has 3 aromatic heterocycles. The quantitative estimate of drug-likeness (QED) is 0.644. The van der Waals surface area contributed by atoms with Gasteiger partial charge >= 0.3 is 0 Å². The molecule has 1 aliphatic rings. The summed E-state index contributed by atoms with van der Waals surface area (Å²) < 4.78 is 16.5. The molecule has 0 aliphatic carbocycles. The minimum absolute atomic E-state index is 0.310. The lowest BCUT2D eigenvalue weighted by molar-refractivity contribution is 0.310. The number of aryl methyl sites for hydroxylation is 1. The van der Waals surface area contributed by atoms with E-state index in [9.17, 15) is 4.39 Å². The predicted octanol–water partition coefficient (Wildman–Crippen LogP) is 2.30. The zero-order chi connectivity index (χ0) is 15.4. The summed E-state index contributed by atoms with van der Waals surface area (Å²) in [5.41, 5.74) is 0.538. The van der Waals surface area contributed by atoms with Gasteiger partial charge in [-0.05, 0) is 29.9 Å². The molecular formula is C13H14BrFN6S. The van der Waals surface area contributed by atoms with E-state index in [-0.39, 0.29) is 5.82 Å². The Morgan fingerprint density at radius 1 is 1.18 bits per heavy atom. The number of nitrogens with zero attached hydrogens (tertiary/aromatic N) is 6. The first-order valence-electron chi connectivity index (χ1n) is 6.99. The van der Waals surface area contributed by atoms with Gasteiger partial charge in [0.25, 0.3) is 0 Å². The molecule has 3 aromatic rings. The molecule has 9 heteroatoms. The second kappa shape index (κ2) is 5.10. The summed E-state index contributed by atoms with van der Waals surface area (Å²) in [5.74, 6) is 1.05. The number of aromatic nitrogens is 4. The van der Waals surface area contributed by atoms with E-state index in [1.54, 1.807) is 4.52 Å². The van der Waals surface area contributed by atoms with E-state index in [0.717, 1.165) is 32.1 Å². The Balaban J connectivity index is 1.97. The van der Waals surface area contributed by atoms with Gasteiger partial charge in [0.2, 0.25) is 5.95 Å². The minimum atomic E-state index is -0.310. The molecule has 4 rings (SSSR count). The molecule has 0 radical (unpaired) electrons. The van der Waals surface area contributed by atoms with E-state index < -0.39 is 0 Å². The molecule has 1 fully saturated rings. The number of thiophene rings is 1. The molecule has 0 spiro atoms. The lowest BCUT2D eigenvalue weighted by atomic mass is 10.3. The molecule has 0 aromatic carbocycles. The normalized spacial score (nSPS) is 17.0. The topological polar surface area (TPSA) is 49.6 Å². The third-order valence-corrected chi connectivity index (χ3v) is 5.59. The SMILES string of the molecule is Cc1nc2c3c(F)c(Br)sc3nc(N3CCN(C)CC3)n2n1. The van der Waals surface area contributed by atoms with Crippen molar-refractivity contribution in [3.63, 3.8) is 0 Å². The number of hydrogen-bond acceptors (Lipinski definition) is 6. The van der Waals surface area contributed by atoms with Crippen molar-refractivity contribution in [2.24, 2.45) is 0 Å². The van der Waals surface area contributed by atoms with Crippen LogP contribution in [0, 0.1) is 12.7 Å². The first-order valence-corrected chi connectivity index (χ1v) is 8.60. The van der Waals surface area contributed by atoms with E-state index in [2.05, 4.69) is 47.8 Å². The average Bonchev–Trinajstić information content (AvgIpc) is 2.99. The van der Waals surface area contributed by atoms with Crippen LogP contribution in [0.3, 0.4) is 0 Å². The molecule has 116 valence electrons. The van der Waals surface area contributed by atoms with Crippen LogP contribution in [-0.4, -0.2) is 57.7 Å². The lowest BCUT2D eigenvalue weighted by Gasteiger charge is -2.32. The van der Waals surface area contributed by atoms with Crippen LogP contribution in [0.1, 0.15) is 5.82 Å². The standard InChI is InChI=1S/C13H14BrFN6S/c1-7-16-11-8-9(15)10(14)22-12(8)17-13(21(11)18-7)20-5-3-19(2)4-6-20/h3-6H2,1-2H3. The number of piperazine rings is 1. The van der Waals surface area contributed by atoms with Gasteiger partial charge < -0.3 is 9.80 Å². The van der Waals surface area contributed by atoms with E-state index >= 15 is 0 Å². The third-order valence-electron chi connectivity index (χ3n) is 3.91. The van der Waals surface area contributed by atoms with Crippen LogP contribution < -0.4 is 4.90 Å². The summed E-state index contributed by atoms with van der Waals surface area (Å²) in [7, 11) is 2.11. The third kappa shape index (κ3) is 2.10. The van der Waals surface area contributed by atoms with Crippen molar-refractivity contribution >= 4 is 49.1 Å². The first-order chi connectivity index (χ1) is 10.5. The molecule has 0 saturated carbocycles. The Morgan fingerprint density at radius 2 is 1.91 bits per heavy atom. The van der Waals surface area contributed by atoms with Gasteiger partial charge in [0, 0.05) is 26.2 Å². The summed E-state index contributed by atoms with van der Waals surface area (Å²) in [4.78, 5) is 14.2. The summed E-state index contributed by atoms with van der Waals surface area (Å²) in [6.45, 7) is 5.50. The largest absolute Gasteiger partial charge is 0.338 e. The van der Waals surface area contributed by atoms with Crippen LogP contribution in [-0.2, 0) is 0 Å². The van der Waals surface area contributed by atoms with Crippen molar-refractivity contribution in [3.8, 4) is 0 Å². The van der Waals surface area contributed by atoms with Gasteiger partial charge in [-0.1, -0.05) is 0 Å². The second-order valence-electron chi connectivity index (χ2n) is 5.47. The van der Waals surface area contributed by atoms with Crippen molar-refractivity contribution in [2.45, 2.75) is 6.92 Å². The molecule has 22 heavy (non-hydrogen) atoms. The summed E-state index contributed by atoms with van der Waals surface area (Å²) >= 11 is 4.55. The number of hydrogen-bond donors (Lipinski definition) is 0. The van der Waals surface area contributed by atoms with Gasteiger partial charge in [0.1, 0.15) is 14.4 Å². The molecule has 0 atom stereocenters. The number of anilines is 1. The minimum Gasteiger partial charge on any atom is -0.338 e. The highest BCUT2D eigenvalue weighted by atomic mass is 79.9. The van der Waals surface area contributed by atoms with E-state index in [1.807, 2.05) is 6.92 Å². The lowest BCUT2D eigenvalue weighted by Crippen LogP contribution is -2.45. The van der Waals surface area contributed by atoms with Crippen LogP contribution >= 0.6 is 27.3 Å². The first kappa shape index (κ1) is 14.3. The molecule has 1 saturated heterocycles. The summed E-state index contributed by atoms with van der Waals surface area (Å²) in [5, 5.41) is 4.86. The van der Waals surface area contributed by atoms with Gasteiger partial charge in [-0.3, -0.25) is 0 Å². The second-order valence-corrected chi connectivity index (χ2v) is 7.78. The number of halogens is 2. The Bertz CT molecular complexity index is 867. The molecule has 4 heterocycles. The van der Waals surface area contributed by atoms with Crippen molar-refractivity contribution in [3.05, 3.63) is 15.4 Å². The van der Waals surface area contributed by atoms with Crippen LogP contribution in [0.15, 0.2) is 3.79 Å². The molecule has 6 nitrogen and oxygen atoms in total. The van der Waals surface area contributed by atoms with Crippen molar-refractivity contribution in [2.75, 3.05) is 38.1 Å². The van der Waals surface area contributed by atoms with Gasteiger partial charge in [-0.2, -0.15) is 4.52 Å². The average molecular weight is 385 g/mol. The molecule has 0 unspecified atom stereocenters. The molecular weight excluding hydrogens is 371 g/mol. The highest BCUT2D eigenvalue weighted by Gasteiger charge is 2.24.